The van der Waals surface area contributed by atoms with Gasteiger partial charge in [-0.05, 0) is 30.4 Å². The van der Waals surface area contributed by atoms with E-state index in [9.17, 15) is 4.79 Å². The number of hydrogen-bond acceptors (Lipinski definition) is 2. The highest BCUT2D eigenvalue weighted by Crippen LogP contribution is 2.45. The number of hydrogen-bond donors (Lipinski definition) is 0. The first kappa shape index (κ1) is 10.2. The summed E-state index contributed by atoms with van der Waals surface area (Å²) in [5.41, 5.74) is 1.67. The van der Waals surface area contributed by atoms with Crippen LogP contribution in [0.5, 0.6) is 0 Å². The van der Waals surface area contributed by atoms with Crippen molar-refractivity contribution in [2.24, 2.45) is 5.41 Å². The van der Waals surface area contributed by atoms with Crippen molar-refractivity contribution in [2.45, 2.75) is 25.7 Å². The molecule has 0 aliphatic heterocycles. The maximum atomic E-state index is 11.9. The molecule has 80 valence electrons. The van der Waals surface area contributed by atoms with Gasteiger partial charge in [0, 0.05) is 0 Å². The summed E-state index contributed by atoms with van der Waals surface area (Å²) in [6.45, 7) is 3.91. The van der Waals surface area contributed by atoms with Crippen LogP contribution in [0.25, 0.3) is 0 Å². The van der Waals surface area contributed by atoms with Gasteiger partial charge >= 0.3 is 5.97 Å². The fourth-order valence-electron chi connectivity index (χ4n) is 2.50. The fraction of sp³-hybridized carbons (Fsp3) is 0.462. The van der Waals surface area contributed by atoms with Gasteiger partial charge in [-0.2, -0.15) is 0 Å². The zero-order valence-corrected chi connectivity index (χ0v) is 9.08. The molecule has 0 aromatic carbocycles. The van der Waals surface area contributed by atoms with Crippen molar-refractivity contribution >= 4 is 5.97 Å². The summed E-state index contributed by atoms with van der Waals surface area (Å²) in [5.74, 6) is -0.128. The molecule has 1 unspecified atom stereocenters. The lowest BCUT2D eigenvalue weighted by Gasteiger charge is -2.36. The molecule has 0 bridgehead atoms. The molecule has 0 spiro atoms. The van der Waals surface area contributed by atoms with Crippen LogP contribution in [0.1, 0.15) is 25.7 Å². The molecule has 1 atom stereocenters. The van der Waals surface area contributed by atoms with Crippen LogP contribution in [0.15, 0.2) is 36.0 Å². The molecule has 2 aliphatic carbocycles. The summed E-state index contributed by atoms with van der Waals surface area (Å²) >= 11 is 0. The van der Waals surface area contributed by atoms with E-state index >= 15 is 0 Å². The summed E-state index contributed by atoms with van der Waals surface area (Å²) in [4.78, 5) is 11.9. The molecular weight excluding hydrogens is 188 g/mol. The summed E-state index contributed by atoms with van der Waals surface area (Å²) < 4.78 is 4.92. The van der Waals surface area contributed by atoms with Gasteiger partial charge in [0.2, 0.25) is 0 Å². The molecule has 0 saturated heterocycles. The van der Waals surface area contributed by atoms with E-state index in [-0.39, 0.29) is 5.97 Å². The lowest BCUT2D eigenvalue weighted by molar-refractivity contribution is -0.148. The minimum absolute atomic E-state index is 0.128. The molecule has 0 N–H and O–H groups in total. The van der Waals surface area contributed by atoms with E-state index in [4.69, 9.17) is 4.74 Å². The van der Waals surface area contributed by atoms with E-state index in [1.54, 1.807) is 0 Å². The number of allylic oxidation sites excluding steroid dienone is 3. The van der Waals surface area contributed by atoms with Crippen molar-refractivity contribution in [1.82, 2.24) is 0 Å². The average molecular weight is 204 g/mol. The van der Waals surface area contributed by atoms with Crippen LogP contribution in [0.3, 0.4) is 0 Å². The highest BCUT2D eigenvalue weighted by molar-refractivity contribution is 5.84. The number of esters is 1. The standard InChI is InChI=1S/C13H16O2/c1-10-6-8-13(12(14)15-2)7-4-3-5-11(13)9-10/h6,8-9H,1,3-5,7H2,2H3. The molecule has 1 saturated carbocycles. The first-order chi connectivity index (χ1) is 7.19. The Balaban J connectivity index is 2.41. The molecule has 0 amide bonds. The molecule has 0 aromatic heterocycles. The monoisotopic (exact) mass is 204 g/mol. The Morgan fingerprint density at radius 2 is 2.33 bits per heavy atom. The summed E-state index contributed by atoms with van der Waals surface area (Å²) in [7, 11) is 1.46. The van der Waals surface area contributed by atoms with Crippen LogP contribution in [-0.2, 0) is 9.53 Å². The number of methoxy groups -OCH3 is 1. The maximum Gasteiger partial charge on any atom is 0.319 e. The first-order valence-electron chi connectivity index (χ1n) is 5.37. The smallest absolute Gasteiger partial charge is 0.319 e. The van der Waals surface area contributed by atoms with Crippen LogP contribution in [0.2, 0.25) is 0 Å². The zero-order chi connectivity index (χ0) is 10.9. The van der Waals surface area contributed by atoms with E-state index in [1.165, 1.54) is 12.7 Å². The van der Waals surface area contributed by atoms with E-state index in [0.29, 0.717) is 0 Å². The van der Waals surface area contributed by atoms with Gasteiger partial charge in [-0.3, -0.25) is 4.79 Å². The Labute approximate surface area is 90.3 Å². The number of carbonyl (C=O) groups excluding carboxylic acids is 1. The fourth-order valence-corrected chi connectivity index (χ4v) is 2.50. The van der Waals surface area contributed by atoms with Gasteiger partial charge in [0.05, 0.1) is 7.11 Å². The largest absolute Gasteiger partial charge is 0.468 e. The molecule has 2 rings (SSSR count). The first-order valence-corrected chi connectivity index (χ1v) is 5.37. The van der Waals surface area contributed by atoms with Crippen molar-refractivity contribution < 1.29 is 9.53 Å². The highest BCUT2D eigenvalue weighted by atomic mass is 16.5. The summed E-state index contributed by atoms with van der Waals surface area (Å²) in [6, 6.07) is 0. The third-order valence-electron chi connectivity index (χ3n) is 3.33. The SMILES string of the molecule is C=C1C=CC2(C(=O)OC)CCCCC2=C1. The molecule has 2 heteroatoms. The second kappa shape index (κ2) is 3.69. The molecular formula is C13H16O2. The predicted octanol–water partition coefficient (Wildman–Crippen LogP) is 2.77. The van der Waals surface area contributed by atoms with Crippen LogP contribution >= 0.6 is 0 Å². The van der Waals surface area contributed by atoms with Crippen molar-refractivity contribution in [2.75, 3.05) is 7.11 Å². The van der Waals surface area contributed by atoms with E-state index < -0.39 is 5.41 Å². The van der Waals surface area contributed by atoms with Gasteiger partial charge in [0.15, 0.2) is 0 Å². The Bertz CT molecular complexity index is 363. The molecule has 0 aromatic rings. The summed E-state index contributed by atoms with van der Waals surface area (Å²) in [5, 5.41) is 0. The number of rotatable bonds is 1. The van der Waals surface area contributed by atoms with Crippen LogP contribution in [0, 0.1) is 5.41 Å². The van der Waals surface area contributed by atoms with E-state index in [1.807, 2.05) is 18.2 Å². The lowest BCUT2D eigenvalue weighted by atomic mass is 9.67. The average Bonchev–Trinajstić information content (AvgIpc) is 2.28. The van der Waals surface area contributed by atoms with E-state index in [2.05, 4.69) is 6.58 Å². The second-order valence-corrected chi connectivity index (χ2v) is 4.25. The van der Waals surface area contributed by atoms with E-state index in [0.717, 1.165) is 31.3 Å². The lowest BCUT2D eigenvalue weighted by Crippen LogP contribution is -2.36. The van der Waals surface area contributed by atoms with Crippen molar-refractivity contribution in [3.63, 3.8) is 0 Å². The number of ether oxygens (including phenoxy) is 1. The third kappa shape index (κ3) is 1.54. The van der Waals surface area contributed by atoms with Gasteiger partial charge in [0.1, 0.15) is 5.41 Å². The van der Waals surface area contributed by atoms with Gasteiger partial charge in [-0.25, -0.2) is 0 Å². The van der Waals surface area contributed by atoms with Gasteiger partial charge in [-0.15, -0.1) is 0 Å². The molecule has 0 radical (unpaired) electrons. The van der Waals surface area contributed by atoms with Crippen LogP contribution in [0.4, 0.5) is 0 Å². The van der Waals surface area contributed by atoms with Crippen molar-refractivity contribution in [3.05, 3.63) is 36.0 Å². The number of carbonyl (C=O) groups is 1. The van der Waals surface area contributed by atoms with Gasteiger partial charge < -0.3 is 4.74 Å². The van der Waals surface area contributed by atoms with Crippen molar-refractivity contribution in [3.8, 4) is 0 Å². The maximum absolute atomic E-state index is 11.9. The molecule has 0 heterocycles. The topological polar surface area (TPSA) is 26.3 Å². The van der Waals surface area contributed by atoms with Crippen molar-refractivity contribution in [1.29, 1.82) is 0 Å². The Hall–Kier alpha value is -1.31. The minimum Gasteiger partial charge on any atom is -0.468 e. The minimum atomic E-state index is -0.478. The summed E-state index contributed by atoms with van der Waals surface area (Å²) in [6.07, 6.45) is 10.0. The Kier molecular flexibility index (Phi) is 2.51. The highest BCUT2D eigenvalue weighted by Gasteiger charge is 2.43. The van der Waals surface area contributed by atoms with Gasteiger partial charge in [-0.1, -0.05) is 31.2 Å². The number of fused-ring (bicyclic) bond motifs is 1. The molecule has 1 fully saturated rings. The Morgan fingerprint density at radius 1 is 1.53 bits per heavy atom. The van der Waals surface area contributed by atoms with Crippen LogP contribution < -0.4 is 0 Å². The second-order valence-electron chi connectivity index (χ2n) is 4.25. The quantitative estimate of drug-likeness (QED) is 0.614. The van der Waals surface area contributed by atoms with Gasteiger partial charge in [0.25, 0.3) is 0 Å². The predicted molar refractivity (Wildman–Crippen MR) is 59.3 cm³/mol. The van der Waals surface area contributed by atoms with Crippen LogP contribution in [-0.4, -0.2) is 13.1 Å². The zero-order valence-electron chi connectivity index (χ0n) is 9.08. The Morgan fingerprint density at radius 3 is 3.07 bits per heavy atom. The normalized spacial score (nSPS) is 29.4. The molecule has 2 nitrogen and oxygen atoms in total. The molecule has 15 heavy (non-hydrogen) atoms. The molecule has 2 aliphatic rings. The third-order valence-corrected chi connectivity index (χ3v) is 3.33.